The first-order valence-corrected chi connectivity index (χ1v) is 9.95. The maximum Gasteiger partial charge on any atom is 0.268 e. The van der Waals surface area contributed by atoms with Gasteiger partial charge in [-0.2, -0.15) is 0 Å². The summed E-state index contributed by atoms with van der Waals surface area (Å²) in [5.41, 5.74) is 0.564. The van der Waals surface area contributed by atoms with Gasteiger partial charge in [-0.15, -0.1) is 11.3 Å². The van der Waals surface area contributed by atoms with Crippen LogP contribution in [0.15, 0.2) is 41.4 Å². The van der Waals surface area contributed by atoms with Crippen LogP contribution < -0.4 is 20.1 Å². The number of ether oxygens (including phenoxy) is 2. The number of methoxy groups -OCH3 is 2. The van der Waals surface area contributed by atoms with Crippen LogP contribution >= 0.6 is 11.3 Å². The SMILES string of the molecule is CCCC(C)NC(=O)/C(=C/c1cccs1)NC(=O)c1ccc(OC)c(OC)c1. The minimum Gasteiger partial charge on any atom is -0.493 e. The smallest absolute Gasteiger partial charge is 0.268 e. The second kappa shape index (κ2) is 10.5. The highest BCUT2D eigenvalue weighted by atomic mass is 32.1. The molecule has 0 radical (unpaired) electrons. The largest absolute Gasteiger partial charge is 0.493 e. The van der Waals surface area contributed by atoms with Gasteiger partial charge in [-0.05, 0) is 49.1 Å². The minimum absolute atomic E-state index is 0.0159. The van der Waals surface area contributed by atoms with Gasteiger partial charge in [0, 0.05) is 16.5 Å². The minimum atomic E-state index is -0.401. The summed E-state index contributed by atoms with van der Waals surface area (Å²) in [6.45, 7) is 4.00. The Morgan fingerprint density at radius 2 is 1.93 bits per heavy atom. The third-order valence-electron chi connectivity index (χ3n) is 4.07. The lowest BCUT2D eigenvalue weighted by atomic mass is 10.1. The van der Waals surface area contributed by atoms with Crippen molar-refractivity contribution in [3.63, 3.8) is 0 Å². The summed E-state index contributed by atoms with van der Waals surface area (Å²) >= 11 is 1.49. The van der Waals surface area contributed by atoms with Gasteiger partial charge in [-0.1, -0.05) is 19.4 Å². The molecule has 2 aromatic rings. The zero-order chi connectivity index (χ0) is 20.5. The van der Waals surface area contributed by atoms with Gasteiger partial charge in [0.2, 0.25) is 0 Å². The van der Waals surface area contributed by atoms with Gasteiger partial charge in [0.1, 0.15) is 5.70 Å². The molecule has 7 heteroatoms. The lowest BCUT2D eigenvalue weighted by molar-refractivity contribution is -0.118. The molecule has 1 aromatic carbocycles. The Labute approximate surface area is 169 Å². The molecular weight excluding hydrogens is 376 g/mol. The molecule has 2 amide bonds. The molecule has 150 valence electrons. The Balaban J connectivity index is 2.24. The second-order valence-corrected chi connectivity index (χ2v) is 7.24. The molecule has 1 heterocycles. The molecule has 28 heavy (non-hydrogen) atoms. The van der Waals surface area contributed by atoms with Crippen LogP contribution in [0, 0.1) is 0 Å². The number of amides is 2. The number of thiophene rings is 1. The van der Waals surface area contributed by atoms with Gasteiger partial charge in [0.25, 0.3) is 11.8 Å². The number of hydrogen-bond donors (Lipinski definition) is 2. The second-order valence-electron chi connectivity index (χ2n) is 6.26. The number of carbonyl (C=O) groups excluding carboxylic acids is 2. The fourth-order valence-corrected chi connectivity index (χ4v) is 3.31. The average molecular weight is 403 g/mol. The van der Waals surface area contributed by atoms with E-state index in [2.05, 4.69) is 17.6 Å². The molecule has 2 rings (SSSR count). The Kier molecular flexibility index (Phi) is 8.07. The van der Waals surface area contributed by atoms with E-state index < -0.39 is 5.91 Å². The monoisotopic (exact) mass is 402 g/mol. The van der Waals surface area contributed by atoms with Crippen LogP contribution in [-0.4, -0.2) is 32.1 Å². The topological polar surface area (TPSA) is 76.7 Å². The maximum atomic E-state index is 12.7. The van der Waals surface area contributed by atoms with Crippen molar-refractivity contribution >= 4 is 29.2 Å². The summed E-state index contributed by atoms with van der Waals surface area (Å²) in [6, 6.07) is 8.64. The van der Waals surface area contributed by atoms with Gasteiger partial charge in [0.15, 0.2) is 11.5 Å². The molecule has 0 fully saturated rings. The van der Waals surface area contributed by atoms with E-state index in [1.807, 2.05) is 24.4 Å². The summed E-state index contributed by atoms with van der Waals surface area (Å²) in [5, 5.41) is 7.57. The first kappa shape index (κ1) is 21.5. The van der Waals surface area contributed by atoms with Crippen LogP contribution in [0.2, 0.25) is 0 Å². The Bertz CT molecular complexity index is 831. The molecule has 1 aromatic heterocycles. The molecule has 0 aliphatic rings. The normalized spacial score (nSPS) is 12.2. The van der Waals surface area contributed by atoms with E-state index in [0.717, 1.165) is 17.7 Å². The Morgan fingerprint density at radius 3 is 2.54 bits per heavy atom. The molecule has 1 atom stereocenters. The number of carbonyl (C=O) groups is 2. The zero-order valence-corrected chi connectivity index (χ0v) is 17.4. The highest BCUT2D eigenvalue weighted by Gasteiger charge is 2.18. The van der Waals surface area contributed by atoms with E-state index in [1.54, 1.807) is 24.3 Å². The third-order valence-corrected chi connectivity index (χ3v) is 4.89. The number of benzene rings is 1. The van der Waals surface area contributed by atoms with Gasteiger partial charge >= 0.3 is 0 Å². The van der Waals surface area contributed by atoms with Gasteiger partial charge in [-0.25, -0.2) is 0 Å². The molecule has 0 aliphatic carbocycles. The van der Waals surface area contributed by atoms with E-state index in [1.165, 1.54) is 25.6 Å². The van der Waals surface area contributed by atoms with Gasteiger partial charge < -0.3 is 20.1 Å². The lowest BCUT2D eigenvalue weighted by Gasteiger charge is -2.16. The average Bonchev–Trinajstić information content (AvgIpc) is 3.20. The molecular formula is C21H26N2O4S. The molecule has 2 N–H and O–H groups in total. The van der Waals surface area contributed by atoms with Crippen molar-refractivity contribution in [3.8, 4) is 11.5 Å². The quantitative estimate of drug-likeness (QED) is 0.625. The van der Waals surface area contributed by atoms with Crippen molar-refractivity contribution in [2.45, 2.75) is 32.7 Å². The summed E-state index contributed by atoms with van der Waals surface area (Å²) in [6.07, 6.45) is 3.50. The van der Waals surface area contributed by atoms with Crippen LogP contribution in [0.3, 0.4) is 0 Å². The fourth-order valence-electron chi connectivity index (χ4n) is 2.65. The number of rotatable bonds is 9. The third kappa shape index (κ3) is 5.85. The van der Waals surface area contributed by atoms with Crippen molar-refractivity contribution in [2.24, 2.45) is 0 Å². The van der Waals surface area contributed by atoms with Crippen molar-refractivity contribution in [1.82, 2.24) is 10.6 Å². The zero-order valence-electron chi connectivity index (χ0n) is 16.6. The van der Waals surface area contributed by atoms with Crippen LogP contribution in [-0.2, 0) is 4.79 Å². The summed E-state index contributed by atoms with van der Waals surface area (Å²) in [7, 11) is 3.03. The molecule has 0 saturated carbocycles. The summed E-state index contributed by atoms with van der Waals surface area (Å²) in [5.74, 6) is 0.254. The molecule has 0 saturated heterocycles. The lowest BCUT2D eigenvalue weighted by Crippen LogP contribution is -2.39. The molecule has 0 spiro atoms. The Hall–Kier alpha value is -2.80. The summed E-state index contributed by atoms with van der Waals surface area (Å²) < 4.78 is 10.4. The van der Waals surface area contributed by atoms with E-state index in [4.69, 9.17) is 9.47 Å². The predicted octanol–water partition coefficient (Wildman–Crippen LogP) is 3.84. The molecule has 0 aliphatic heterocycles. The van der Waals surface area contributed by atoms with E-state index >= 15 is 0 Å². The molecule has 1 unspecified atom stereocenters. The van der Waals surface area contributed by atoms with Crippen LogP contribution in [0.25, 0.3) is 6.08 Å². The number of hydrogen-bond acceptors (Lipinski definition) is 5. The summed E-state index contributed by atoms with van der Waals surface area (Å²) in [4.78, 5) is 26.3. The first-order chi connectivity index (χ1) is 13.5. The van der Waals surface area contributed by atoms with Gasteiger partial charge in [0.05, 0.1) is 14.2 Å². The maximum absolute atomic E-state index is 12.7. The highest BCUT2D eigenvalue weighted by molar-refractivity contribution is 7.10. The number of nitrogens with one attached hydrogen (secondary N) is 2. The Morgan fingerprint density at radius 1 is 1.18 bits per heavy atom. The highest BCUT2D eigenvalue weighted by Crippen LogP contribution is 2.27. The predicted molar refractivity (Wildman–Crippen MR) is 112 cm³/mol. The fraction of sp³-hybridized carbons (Fsp3) is 0.333. The first-order valence-electron chi connectivity index (χ1n) is 9.07. The van der Waals surface area contributed by atoms with Crippen molar-refractivity contribution in [2.75, 3.05) is 14.2 Å². The van der Waals surface area contributed by atoms with Gasteiger partial charge in [-0.3, -0.25) is 9.59 Å². The molecule has 6 nitrogen and oxygen atoms in total. The molecule has 0 bridgehead atoms. The van der Waals surface area contributed by atoms with Crippen LogP contribution in [0.1, 0.15) is 41.9 Å². The van der Waals surface area contributed by atoms with E-state index in [9.17, 15) is 9.59 Å². The standard InChI is InChI=1S/C21H26N2O4S/c1-5-7-14(2)22-21(25)17(13-16-8-6-11-28-16)23-20(24)15-9-10-18(26-3)19(12-15)27-4/h6,8-14H,5,7H2,1-4H3,(H,22,25)(H,23,24)/b17-13-. The van der Waals surface area contributed by atoms with Crippen molar-refractivity contribution in [3.05, 3.63) is 51.8 Å². The van der Waals surface area contributed by atoms with Crippen molar-refractivity contribution in [1.29, 1.82) is 0 Å². The van der Waals surface area contributed by atoms with Crippen LogP contribution in [0.5, 0.6) is 11.5 Å². The van der Waals surface area contributed by atoms with E-state index in [-0.39, 0.29) is 17.6 Å². The van der Waals surface area contributed by atoms with Crippen molar-refractivity contribution < 1.29 is 19.1 Å². The van der Waals surface area contributed by atoms with E-state index in [0.29, 0.717) is 17.1 Å². The van der Waals surface area contributed by atoms with Crippen LogP contribution in [0.4, 0.5) is 0 Å².